The van der Waals surface area contributed by atoms with Gasteiger partial charge in [0.15, 0.2) is 12.8 Å². The van der Waals surface area contributed by atoms with E-state index in [2.05, 4.69) is 0 Å². The molecule has 0 saturated heterocycles. The molecule has 0 aromatic heterocycles. The molecule has 3 heteroatoms. The van der Waals surface area contributed by atoms with E-state index < -0.39 is 0 Å². The maximum atomic E-state index is 11.2. The molecule has 0 spiro atoms. The van der Waals surface area contributed by atoms with Crippen molar-refractivity contribution in [1.29, 1.82) is 0 Å². The Morgan fingerprint density at radius 3 is 2.64 bits per heavy atom. The molecule has 0 amide bonds. The van der Waals surface area contributed by atoms with Gasteiger partial charge in [-0.05, 0) is 6.92 Å². The average Bonchev–Trinajstić information content (AvgIpc) is 2.16. The number of carbonyl (C=O) groups excluding carboxylic acids is 1. The third-order valence-electron chi connectivity index (χ3n) is 1.76. The van der Waals surface area contributed by atoms with Gasteiger partial charge >= 0.3 is 0 Å². The quantitative estimate of drug-likeness (QED) is 0.315. The highest BCUT2D eigenvalue weighted by Crippen LogP contribution is 1.99. The van der Waals surface area contributed by atoms with Gasteiger partial charge in [0.05, 0.1) is 6.42 Å². The van der Waals surface area contributed by atoms with Crippen LogP contribution in [0.15, 0.2) is 30.3 Å². The minimum absolute atomic E-state index is 0.00101. The molecule has 0 aliphatic rings. The van der Waals surface area contributed by atoms with Crippen molar-refractivity contribution in [2.24, 2.45) is 0 Å². The standard InChI is InChI=1S/C11H13NO2/c1-10(13)7-8-12(14)9-11-5-3-2-4-6-11/h2-6,8H,7,9H2,1H3/b12-8-. The van der Waals surface area contributed by atoms with Crippen molar-refractivity contribution in [3.63, 3.8) is 0 Å². The summed E-state index contributed by atoms with van der Waals surface area (Å²) in [4.78, 5) is 10.6. The molecule has 74 valence electrons. The van der Waals surface area contributed by atoms with E-state index in [1.165, 1.54) is 13.1 Å². The number of benzene rings is 1. The number of ketones is 1. The minimum atomic E-state index is -0.00101. The largest absolute Gasteiger partial charge is 0.624 e. The van der Waals surface area contributed by atoms with Crippen LogP contribution in [-0.2, 0) is 11.3 Å². The molecule has 0 atom stereocenters. The molecule has 0 saturated carbocycles. The highest BCUT2D eigenvalue weighted by atomic mass is 16.5. The summed E-state index contributed by atoms with van der Waals surface area (Å²) in [6.07, 6.45) is 1.58. The van der Waals surface area contributed by atoms with Gasteiger partial charge in [0.1, 0.15) is 5.78 Å². The molecule has 0 bridgehead atoms. The third kappa shape index (κ3) is 3.85. The van der Waals surface area contributed by atoms with Crippen LogP contribution in [-0.4, -0.2) is 16.7 Å². The van der Waals surface area contributed by atoms with E-state index in [0.29, 0.717) is 6.54 Å². The van der Waals surface area contributed by atoms with Crippen molar-refractivity contribution in [1.82, 2.24) is 0 Å². The lowest BCUT2D eigenvalue weighted by Crippen LogP contribution is -2.06. The Kier molecular flexibility index (Phi) is 3.85. The van der Waals surface area contributed by atoms with Crippen LogP contribution in [0, 0.1) is 5.21 Å². The molecule has 0 aliphatic carbocycles. The van der Waals surface area contributed by atoms with Crippen molar-refractivity contribution in [3.8, 4) is 0 Å². The Balaban J connectivity index is 2.53. The number of hydroxylamine groups is 1. The molecule has 0 radical (unpaired) electrons. The maximum absolute atomic E-state index is 11.2. The summed E-state index contributed by atoms with van der Waals surface area (Å²) in [5.41, 5.74) is 0.947. The molecule has 0 fully saturated rings. The summed E-state index contributed by atoms with van der Waals surface area (Å²) in [5.74, 6) is -0.00101. The van der Waals surface area contributed by atoms with E-state index in [1.807, 2.05) is 30.3 Å². The monoisotopic (exact) mass is 191 g/mol. The Morgan fingerprint density at radius 2 is 2.07 bits per heavy atom. The lowest BCUT2D eigenvalue weighted by Gasteiger charge is -2.02. The van der Waals surface area contributed by atoms with Crippen molar-refractivity contribution >= 4 is 12.0 Å². The highest BCUT2D eigenvalue weighted by molar-refractivity contribution is 5.88. The third-order valence-corrected chi connectivity index (χ3v) is 1.76. The topological polar surface area (TPSA) is 43.1 Å². The first-order valence-electron chi connectivity index (χ1n) is 4.49. The number of carbonyl (C=O) groups is 1. The summed E-state index contributed by atoms with van der Waals surface area (Å²) in [6, 6.07) is 9.43. The summed E-state index contributed by atoms with van der Waals surface area (Å²) in [7, 11) is 0. The van der Waals surface area contributed by atoms with E-state index in [4.69, 9.17) is 0 Å². The molecule has 0 unspecified atom stereocenters. The lowest BCUT2D eigenvalue weighted by molar-refractivity contribution is -0.470. The van der Waals surface area contributed by atoms with Gasteiger partial charge in [-0.25, -0.2) is 4.74 Å². The van der Waals surface area contributed by atoms with Crippen molar-refractivity contribution < 1.29 is 9.53 Å². The van der Waals surface area contributed by atoms with Crippen LogP contribution in [0.25, 0.3) is 0 Å². The predicted molar refractivity (Wildman–Crippen MR) is 55.1 cm³/mol. The van der Waals surface area contributed by atoms with Gasteiger partial charge in [-0.15, -0.1) is 0 Å². The summed E-state index contributed by atoms with van der Waals surface area (Å²) >= 11 is 0. The maximum Gasteiger partial charge on any atom is 0.178 e. The summed E-state index contributed by atoms with van der Waals surface area (Å²) in [6.45, 7) is 1.76. The average molecular weight is 191 g/mol. The van der Waals surface area contributed by atoms with Gasteiger partial charge in [-0.3, -0.25) is 4.79 Å². The van der Waals surface area contributed by atoms with E-state index in [1.54, 1.807) is 0 Å². The van der Waals surface area contributed by atoms with Crippen LogP contribution < -0.4 is 0 Å². The zero-order valence-corrected chi connectivity index (χ0v) is 8.14. The fourth-order valence-electron chi connectivity index (χ4n) is 1.06. The minimum Gasteiger partial charge on any atom is -0.624 e. The Hall–Kier alpha value is -1.64. The number of hydrogen-bond acceptors (Lipinski definition) is 2. The van der Waals surface area contributed by atoms with Gasteiger partial charge in [0.2, 0.25) is 0 Å². The molecule has 14 heavy (non-hydrogen) atoms. The number of rotatable bonds is 4. The normalized spacial score (nSPS) is 11.4. The van der Waals surface area contributed by atoms with Crippen molar-refractivity contribution in [2.45, 2.75) is 19.9 Å². The van der Waals surface area contributed by atoms with Crippen molar-refractivity contribution in [2.75, 3.05) is 0 Å². The van der Waals surface area contributed by atoms with Gasteiger partial charge in [0.25, 0.3) is 0 Å². The number of hydrogen-bond donors (Lipinski definition) is 0. The van der Waals surface area contributed by atoms with Gasteiger partial charge < -0.3 is 5.21 Å². The summed E-state index contributed by atoms with van der Waals surface area (Å²) in [5, 5.41) is 11.2. The van der Waals surface area contributed by atoms with Gasteiger partial charge in [-0.2, -0.15) is 0 Å². The van der Waals surface area contributed by atoms with E-state index in [-0.39, 0.29) is 12.2 Å². The Labute approximate surface area is 83.3 Å². The van der Waals surface area contributed by atoms with Crippen LogP contribution in [0.1, 0.15) is 18.9 Å². The highest BCUT2D eigenvalue weighted by Gasteiger charge is 1.98. The molecular formula is C11H13NO2. The van der Waals surface area contributed by atoms with Crippen molar-refractivity contribution in [3.05, 3.63) is 41.1 Å². The zero-order valence-electron chi connectivity index (χ0n) is 8.14. The van der Waals surface area contributed by atoms with E-state index >= 15 is 0 Å². The van der Waals surface area contributed by atoms with E-state index in [9.17, 15) is 10.0 Å². The van der Waals surface area contributed by atoms with Gasteiger partial charge in [-0.1, -0.05) is 30.3 Å². The Morgan fingerprint density at radius 1 is 1.43 bits per heavy atom. The zero-order chi connectivity index (χ0) is 10.4. The fraction of sp³-hybridized carbons (Fsp3) is 0.273. The molecular weight excluding hydrogens is 178 g/mol. The smallest absolute Gasteiger partial charge is 0.178 e. The SMILES string of the molecule is CC(=O)C/C=[N+](\[O-])Cc1ccccc1. The second kappa shape index (κ2) is 5.17. The van der Waals surface area contributed by atoms with Crippen LogP contribution in [0.2, 0.25) is 0 Å². The van der Waals surface area contributed by atoms with Crippen LogP contribution in [0.3, 0.4) is 0 Å². The molecule has 1 aromatic rings. The number of nitrogens with zero attached hydrogens (tertiary/aromatic N) is 1. The molecule has 0 N–H and O–H groups in total. The molecule has 0 heterocycles. The fourth-order valence-corrected chi connectivity index (χ4v) is 1.06. The van der Waals surface area contributed by atoms with Crippen LogP contribution in [0.4, 0.5) is 0 Å². The second-order valence-electron chi connectivity index (χ2n) is 3.15. The van der Waals surface area contributed by atoms with Crippen LogP contribution in [0.5, 0.6) is 0 Å². The van der Waals surface area contributed by atoms with Gasteiger partial charge in [0, 0.05) is 5.56 Å². The first kappa shape index (κ1) is 10.4. The molecule has 1 rings (SSSR count). The summed E-state index contributed by atoms with van der Waals surface area (Å²) < 4.78 is 0.788. The molecule has 1 aromatic carbocycles. The molecule has 3 nitrogen and oxygen atoms in total. The number of Topliss-reactive ketones (excluding diaryl/α,β-unsaturated/α-hetero) is 1. The molecule has 0 aliphatic heterocycles. The second-order valence-corrected chi connectivity index (χ2v) is 3.15. The van der Waals surface area contributed by atoms with Crippen LogP contribution >= 0.6 is 0 Å². The van der Waals surface area contributed by atoms with E-state index in [0.717, 1.165) is 10.3 Å². The predicted octanol–water partition coefficient (Wildman–Crippen LogP) is 1.75. The first-order valence-corrected chi connectivity index (χ1v) is 4.49. The first-order chi connectivity index (χ1) is 6.68. The Bertz CT molecular complexity index is 330. The lowest BCUT2D eigenvalue weighted by atomic mass is 10.2.